The van der Waals surface area contributed by atoms with E-state index in [2.05, 4.69) is 0 Å². The van der Waals surface area contributed by atoms with E-state index in [-0.39, 0.29) is 34.8 Å². The van der Waals surface area contributed by atoms with Crippen molar-refractivity contribution < 1.29 is 39.0 Å². The summed E-state index contributed by atoms with van der Waals surface area (Å²) in [6, 6.07) is 3.71. The van der Waals surface area contributed by atoms with Crippen LogP contribution in [0.5, 0.6) is 0 Å². The Kier molecular flexibility index (Phi) is 10.7. The maximum atomic E-state index is 10.9. The Morgan fingerprint density at radius 1 is 0.765 bits per heavy atom. The molecule has 2 heterocycles. The number of hydrogen-bond acceptors (Lipinski definition) is 6. The van der Waals surface area contributed by atoms with Gasteiger partial charge in [-0.1, -0.05) is 6.07 Å². The molecule has 0 unspecified atom stereocenters. The van der Waals surface area contributed by atoms with Crippen LogP contribution in [0.2, 0.25) is 0 Å². The first-order valence-electron chi connectivity index (χ1n) is 10.6. The number of amides is 4. The van der Waals surface area contributed by atoms with Gasteiger partial charge in [-0.25, -0.2) is 19.2 Å². The van der Waals surface area contributed by atoms with Gasteiger partial charge in [0.1, 0.15) is 0 Å². The van der Waals surface area contributed by atoms with Gasteiger partial charge in [-0.05, 0) is 57.7 Å². The van der Waals surface area contributed by atoms with Gasteiger partial charge < -0.3 is 31.5 Å². The number of ketones is 2. The molecule has 2 aliphatic heterocycles. The highest BCUT2D eigenvalue weighted by atomic mass is 16.4. The number of carboxylic acid groups (broad SMARTS) is 2. The number of carbonyl (C=O) groups excluding carboxylic acids is 4. The zero-order valence-electron chi connectivity index (χ0n) is 19.1. The molecule has 34 heavy (non-hydrogen) atoms. The van der Waals surface area contributed by atoms with E-state index in [0.717, 1.165) is 31.7 Å². The van der Waals surface area contributed by atoms with Crippen molar-refractivity contribution in [2.45, 2.75) is 51.6 Å². The van der Waals surface area contributed by atoms with E-state index in [1.54, 1.807) is 0 Å². The predicted molar refractivity (Wildman–Crippen MR) is 120 cm³/mol. The van der Waals surface area contributed by atoms with Crippen LogP contribution in [0, 0.1) is 0 Å². The third-order valence-electron chi connectivity index (χ3n) is 5.37. The Balaban J connectivity index is 0.000000255. The zero-order chi connectivity index (χ0) is 26.0. The van der Waals surface area contributed by atoms with Crippen molar-refractivity contribution in [1.82, 2.24) is 9.80 Å². The predicted octanol–water partition coefficient (Wildman–Crippen LogP) is 1.32. The van der Waals surface area contributed by atoms with Crippen LogP contribution < -0.4 is 11.5 Å². The normalized spacial score (nSPS) is 18.6. The Bertz CT molecular complexity index is 837. The number of carbonyl (C=O) groups is 6. The summed E-state index contributed by atoms with van der Waals surface area (Å²) in [6.45, 7) is 4.23. The van der Waals surface area contributed by atoms with Gasteiger partial charge in [0.25, 0.3) is 0 Å². The number of nitrogens with two attached hydrogens (primary N) is 2. The first-order chi connectivity index (χ1) is 15.9. The maximum absolute atomic E-state index is 10.9. The third kappa shape index (κ3) is 8.19. The van der Waals surface area contributed by atoms with E-state index in [4.69, 9.17) is 21.7 Å². The summed E-state index contributed by atoms with van der Waals surface area (Å²) in [6.07, 6.45) is 3.29. The Labute approximate surface area is 196 Å². The monoisotopic (exact) mass is 478 g/mol. The van der Waals surface area contributed by atoms with Gasteiger partial charge in [-0.3, -0.25) is 9.59 Å². The lowest BCUT2D eigenvalue weighted by Gasteiger charge is -2.19. The third-order valence-corrected chi connectivity index (χ3v) is 5.37. The number of hydrogen-bond donors (Lipinski definition) is 4. The molecule has 1 aromatic carbocycles. The van der Waals surface area contributed by atoms with E-state index >= 15 is 0 Å². The number of benzene rings is 1. The van der Waals surface area contributed by atoms with Crippen molar-refractivity contribution in [2.24, 2.45) is 11.5 Å². The number of aromatic carboxylic acids is 2. The van der Waals surface area contributed by atoms with Crippen LogP contribution in [0.4, 0.5) is 9.59 Å². The molecule has 6 N–H and O–H groups in total. The summed E-state index contributed by atoms with van der Waals surface area (Å²) in [5.41, 5.74) is 10.1. The van der Waals surface area contributed by atoms with Gasteiger partial charge in [-0.2, -0.15) is 0 Å². The number of primary amides is 2. The Morgan fingerprint density at radius 2 is 1.12 bits per heavy atom. The van der Waals surface area contributed by atoms with E-state index in [1.165, 1.54) is 41.8 Å². The highest BCUT2D eigenvalue weighted by molar-refractivity contribution is 5.93. The van der Waals surface area contributed by atoms with Gasteiger partial charge in [0, 0.05) is 13.1 Å². The van der Waals surface area contributed by atoms with Gasteiger partial charge in [0.2, 0.25) is 0 Å². The van der Waals surface area contributed by atoms with Gasteiger partial charge in [0.05, 0.1) is 23.2 Å². The lowest BCUT2D eigenvalue weighted by atomic mass is 10.1. The van der Waals surface area contributed by atoms with Crippen molar-refractivity contribution in [3.05, 3.63) is 35.4 Å². The average molecular weight is 479 g/mol. The molecule has 12 nitrogen and oxygen atoms in total. The van der Waals surface area contributed by atoms with E-state index < -0.39 is 24.0 Å². The van der Waals surface area contributed by atoms with Gasteiger partial charge in [0.15, 0.2) is 11.6 Å². The smallest absolute Gasteiger partial charge is 0.335 e. The van der Waals surface area contributed by atoms with Crippen LogP contribution in [-0.2, 0) is 9.59 Å². The molecule has 2 atom stereocenters. The minimum Gasteiger partial charge on any atom is -0.478 e. The number of urea groups is 2. The molecule has 0 aromatic heterocycles. The topological polar surface area (TPSA) is 201 Å². The second-order valence-electron chi connectivity index (χ2n) is 7.79. The molecule has 0 bridgehead atoms. The lowest BCUT2D eigenvalue weighted by Crippen LogP contribution is -2.42. The molecule has 186 valence electrons. The van der Waals surface area contributed by atoms with Crippen LogP contribution in [0.1, 0.15) is 60.2 Å². The van der Waals surface area contributed by atoms with Gasteiger partial charge >= 0.3 is 24.0 Å². The van der Waals surface area contributed by atoms with Crippen LogP contribution in [0.25, 0.3) is 0 Å². The van der Waals surface area contributed by atoms with E-state index in [9.17, 15) is 28.8 Å². The molecule has 0 aliphatic carbocycles. The van der Waals surface area contributed by atoms with Crippen molar-refractivity contribution in [3.63, 3.8) is 0 Å². The number of Topliss-reactive ketones (excluding diaryl/α,β-unsaturated/α-hetero) is 2. The standard InChI is InChI=1S/C8H6O4.2C7H12N2O2/c9-7(10)5-2-1-3-6(4-5)8(11)12;2*1-5(10)6-3-2-4-9(6)7(8)11/h1-4H,(H,9,10)(H,11,12);2*6H,2-4H2,1H3,(H2,8,11)/t;2*6-/m.00/s1. The van der Waals surface area contributed by atoms with Crippen molar-refractivity contribution in [1.29, 1.82) is 0 Å². The first kappa shape index (κ1) is 28.1. The van der Waals surface area contributed by atoms with Gasteiger partial charge in [-0.15, -0.1) is 0 Å². The summed E-state index contributed by atoms with van der Waals surface area (Å²) >= 11 is 0. The molecule has 0 saturated carbocycles. The molecule has 2 saturated heterocycles. The SMILES string of the molecule is CC(=O)[C@@H]1CCCN1C(N)=O.CC(=O)[C@@H]1CCCN1C(N)=O.O=C(O)c1cccc(C(=O)O)c1. The van der Waals surface area contributed by atoms with Crippen molar-refractivity contribution in [2.75, 3.05) is 13.1 Å². The molecule has 2 fully saturated rings. The molecule has 3 rings (SSSR count). The summed E-state index contributed by atoms with van der Waals surface area (Å²) < 4.78 is 0. The summed E-state index contributed by atoms with van der Waals surface area (Å²) in [5.74, 6) is -2.20. The van der Waals surface area contributed by atoms with Crippen LogP contribution >= 0.6 is 0 Å². The molecular weight excluding hydrogens is 448 g/mol. The maximum Gasteiger partial charge on any atom is 0.335 e. The highest BCUT2D eigenvalue weighted by Gasteiger charge is 2.30. The van der Waals surface area contributed by atoms with Crippen LogP contribution in [0.15, 0.2) is 24.3 Å². The van der Waals surface area contributed by atoms with Crippen molar-refractivity contribution in [3.8, 4) is 0 Å². The largest absolute Gasteiger partial charge is 0.478 e. The van der Waals surface area contributed by atoms with Crippen LogP contribution in [0.3, 0.4) is 0 Å². The summed E-state index contributed by atoms with van der Waals surface area (Å²) in [7, 11) is 0. The second kappa shape index (κ2) is 12.9. The first-order valence-corrected chi connectivity index (χ1v) is 10.6. The fourth-order valence-corrected chi connectivity index (χ4v) is 3.69. The Hall–Kier alpha value is -3.96. The summed E-state index contributed by atoms with van der Waals surface area (Å²) in [5, 5.41) is 17.0. The minimum atomic E-state index is -1.13. The molecule has 1 aromatic rings. The number of carboxylic acids is 2. The molecule has 0 spiro atoms. The minimum absolute atomic E-state index is 0.0186. The molecule has 4 amide bonds. The molecule has 2 aliphatic rings. The number of likely N-dealkylation sites (tertiary alicyclic amines) is 2. The lowest BCUT2D eigenvalue weighted by molar-refractivity contribution is -0.121. The summed E-state index contributed by atoms with van der Waals surface area (Å²) in [4.78, 5) is 66.9. The molecule has 12 heteroatoms. The van der Waals surface area contributed by atoms with E-state index in [0.29, 0.717) is 13.1 Å². The molecule has 0 radical (unpaired) electrons. The highest BCUT2D eigenvalue weighted by Crippen LogP contribution is 2.17. The fraction of sp³-hybridized carbons (Fsp3) is 0.455. The van der Waals surface area contributed by atoms with Crippen molar-refractivity contribution >= 4 is 35.6 Å². The second-order valence-corrected chi connectivity index (χ2v) is 7.79. The quantitative estimate of drug-likeness (QED) is 0.496. The average Bonchev–Trinajstić information content (AvgIpc) is 3.45. The zero-order valence-corrected chi connectivity index (χ0v) is 19.1. The van der Waals surface area contributed by atoms with E-state index in [1.807, 2.05) is 0 Å². The number of nitrogens with zero attached hydrogens (tertiary/aromatic N) is 2. The number of rotatable bonds is 4. The Morgan fingerprint density at radius 3 is 1.35 bits per heavy atom. The molecular formula is C22H30N4O8. The fourth-order valence-electron chi connectivity index (χ4n) is 3.69. The van der Waals surface area contributed by atoms with Crippen LogP contribution in [-0.4, -0.2) is 80.8 Å².